The smallest absolute Gasteiger partial charge is 0.235 e. The highest BCUT2D eigenvalue weighted by atomic mass is 32.2. The third-order valence-electron chi connectivity index (χ3n) is 5.02. The first kappa shape index (κ1) is 21.4. The lowest BCUT2D eigenvalue weighted by Gasteiger charge is -2.11. The second kappa shape index (κ2) is 9.11. The summed E-state index contributed by atoms with van der Waals surface area (Å²) in [4.78, 5) is 16.9. The van der Waals surface area contributed by atoms with Gasteiger partial charge in [-0.05, 0) is 43.7 Å². The molecule has 10 heteroatoms. The Morgan fingerprint density at radius 3 is 2.84 bits per heavy atom. The van der Waals surface area contributed by atoms with Gasteiger partial charge >= 0.3 is 0 Å². The van der Waals surface area contributed by atoms with E-state index in [1.165, 1.54) is 6.07 Å². The molecule has 3 aromatic heterocycles. The van der Waals surface area contributed by atoms with Crippen LogP contribution in [0.3, 0.4) is 0 Å². The number of nitrogens with one attached hydrogen (secondary N) is 2. The Morgan fingerprint density at radius 1 is 1.31 bits per heavy atom. The molecule has 3 heterocycles. The van der Waals surface area contributed by atoms with Gasteiger partial charge in [-0.2, -0.15) is 5.26 Å². The Morgan fingerprint density at radius 2 is 2.12 bits per heavy atom. The summed E-state index contributed by atoms with van der Waals surface area (Å²) in [5.41, 5.74) is 2.37. The van der Waals surface area contributed by atoms with Crippen LogP contribution in [0.15, 0.2) is 52.2 Å². The lowest BCUT2D eigenvalue weighted by Crippen LogP contribution is -2.18. The maximum Gasteiger partial charge on any atom is 0.235 e. The number of carbonyl (C=O) groups is 1. The Labute approximate surface area is 187 Å². The molecular formula is C22H19FN6O2S. The van der Waals surface area contributed by atoms with Gasteiger partial charge in [0.05, 0.1) is 29.7 Å². The van der Waals surface area contributed by atoms with Crippen LogP contribution in [-0.4, -0.2) is 31.4 Å². The molecule has 0 aliphatic rings. The van der Waals surface area contributed by atoms with Crippen molar-refractivity contribution >= 4 is 23.5 Å². The molecule has 0 radical (unpaired) electrons. The average molecular weight is 450 g/mol. The number of nitriles is 1. The van der Waals surface area contributed by atoms with E-state index in [9.17, 15) is 14.4 Å². The molecule has 4 aromatic rings. The van der Waals surface area contributed by atoms with Gasteiger partial charge in [0.2, 0.25) is 11.1 Å². The number of furan rings is 1. The van der Waals surface area contributed by atoms with Gasteiger partial charge in [0.1, 0.15) is 23.5 Å². The topological polar surface area (TPSA) is 113 Å². The monoisotopic (exact) mass is 450 g/mol. The SMILES string of the molecule is Cc1c(C#N)c(NC(=O)CSc2n[nH]c(-c3ccccc3F)n2)n(Cc2ccco2)c1C. The number of nitrogens with zero attached hydrogens (tertiary/aromatic N) is 4. The highest BCUT2D eigenvalue weighted by Crippen LogP contribution is 2.28. The fourth-order valence-corrected chi connectivity index (χ4v) is 3.87. The van der Waals surface area contributed by atoms with Gasteiger partial charge in [0.25, 0.3) is 0 Å². The van der Waals surface area contributed by atoms with Gasteiger partial charge < -0.3 is 14.3 Å². The van der Waals surface area contributed by atoms with Gasteiger partial charge in [-0.3, -0.25) is 9.89 Å². The van der Waals surface area contributed by atoms with E-state index in [0.717, 1.165) is 23.0 Å². The summed E-state index contributed by atoms with van der Waals surface area (Å²) in [6.07, 6.45) is 1.58. The van der Waals surface area contributed by atoms with E-state index in [2.05, 4.69) is 26.6 Å². The van der Waals surface area contributed by atoms with Gasteiger partial charge in [0.15, 0.2) is 5.82 Å². The number of benzene rings is 1. The molecule has 2 N–H and O–H groups in total. The summed E-state index contributed by atoms with van der Waals surface area (Å²) in [6.45, 7) is 4.12. The number of H-pyrrole nitrogens is 1. The van der Waals surface area contributed by atoms with Crippen molar-refractivity contribution in [3.8, 4) is 17.5 Å². The van der Waals surface area contributed by atoms with Crippen molar-refractivity contribution in [2.45, 2.75) is 25.5 Å². The Kier molecular flexibility index (Phi) is 6.09. The predicted octanol–water partition coefficient (Wildman–Crippen LogP) is 4.27. The number of amides is 1. The van der Waals surface area contributed by atoms with Gasteiger partial charge in [-0.25, -0.2) is 9.37 Å². The first-order valence-corrected chi connectivity index (χ1v) is 10.7. The first-order chi connectivity index (χ1) is 15.5. The van der Waals surface area contributed by atoms with Gasteiger partial charge in [-0.15, -0.1) is 5.10 Å². The minimum absolute atomic E-state index is 0.0173. The molecule has 0 aliphatic heterocycles. The second-order valence-corrected chi connectivity index (χ2v) is 7.94. The number of hydrogen-bond acceptors (Lipinski definition) is 6. The molecule has 1 aromatic carbocycles. The van der Waals surface area contributed by atoms with Crippen LogP contribution in [0.4, 0.5) is 10.2 Å². The van der Waals surface area contributed by atoms with Crippen molar-refractivity contribution in [2.75, 3.05) is 11.1 Å². The van der Waals surface area contributed by atoms with Crippen molar-refractivity contribution in [3.63, 3.8) is 0 Å². The minimum Gasteiger partial charge on any atom is -0.467 e. The molecular weight excluding hydrogens is 431 g/mol. The van der Waals surface area contributed by atoms with Crippen LogP contribution in [0.1, 0.15) is 22.6 Å². The van der Waals surface area contributed by atoms with E-state index in [4.69, 9.17) is 4.42 Å². The number of thioether (sulfide) groups is 1. The highest BCUT2D eigenvalue weighted by molar-refractivity contribution is 7.99. The lowest BCUT2D eigenvalue weighted by atomic mass is 10.2. The molecule has 0 bridgehead atoms. The molecule has 0 unspecified atom stereocenters. The van der Waals surface area contributed by atoms with Crippen molar-refractivity contribution in [1.82, 2.24) is 19.7 Å². The van der Waals surface area contributed by atoms with Gasteiger partial charge in [-0.1, -0.05) is 23.9 Å². The molecule has 32 heavy (non-hydrogen) atoms. The molecule has 0 saturated heterocycles. The van der Waals surface area contributed by atoms with Gasteiger partial charge in [0, 0.05) is 5.69 Å². The Balaban J connectivity index is 1.47. The summed E-state index contributed by atoms with van der Waals surface area (Å²) in [5.74, 6) is 0.706. The summed E-state index contributed by atoms with van der Waals surface area (Å²) in [5, 5.41) is 19.5. The number of anilines is 1. The van der Waals surface area contributed by atoms with Crippen LogP contribution >= 0.6 is 11.8 Å². The van der Waals surface area contributed by atoms with Crippen molar-refractivity contribution in [2.24, 2.45) is 0 Å². The van der Waals surface area contributed by atoms with Crippen LogP contribution in [-0.2, 0) is 11.3 Å². The zero-order valence-electron chi connectivity index (χ0n) is 17.3. The zero-order chi connectivity index (χ0) is 22.7. The third-order valence-corrected chi connectivity index (χ3v) is 5.87. The maximum atomic E-state index is 13.9. The van der Waals surface area contributed by atoms with Crippen molar-refractivity contribution < 1.29 is 13.6 Å². The third kappa shape index (κ3) is 4.29. The number of hydrogen-bond donors (Lipinski definition) is 2. The molecule has 162 valence electrons. The molecule has 0 atom stereocenters. The molecule has 0 fully saturated rings. The summed E-state index contributed by atoms with van der Waals surface area (Å²) >= 11 is 1.11. The number of aromatic nitrogens is 4. The summed E-state index contributed by atoms with van der Waals surface area (Å²) in [6, 6.07) is 12.0. The van der Waals surface area contributed by atoms with E-state index in [1.54, 1.807) is 30.5 Å². The summed E-state index contributed by atoms with van der Waals surface area (Å²) < 4.78 is 21.2. The quantitative estimate of drug-likeness (QED) is 0.407. The van der Waals surface area contributed by atoms with Crippen LogP contribution in [0.5, 0.6) is 0 Å². The fourth-order valence-electron chi connectivity index (χ4n) is 3.27. The molecule has 0 saturated carbocycles. The highest BCUT2D eigenvalue weighted by Gasteiger charge is 2.21. The van der Waals surface area contributed by atoms with Crippen LogP contribution < -0.4 is 5.32 Å². The molecule has 4 rings (SSSR count). The molecule has 1 amide bonds. The minimum atomic E-state index is -0.412. The fraction of sp³-hybridized carbons (Fsp3) is 0.182. The molecule has 0 aliphatic carbocycles. The van der Waals surface area contributed by atoms with E-state index in [1.807, 2.05) is 24.5 Å². The number of aromatic amines is 1. The standard InChI is InChI=1S/C22H19FN6O2S/c1-13-14(2)29(11-15-6-5-9-31-15)21(17(13)10-24)25-19(30)12-32-22-26-20(27-28-22)16-7-3-4-8-18(16)23/h3-9H,11-12H2,1-2H3,(H,25,30)(H,26,27,28). The van der Waals surface area contributed by atoms with Crippen LogP contribution in [0, 0.1) is 31.0 Å². The first-order valence-electron chi connectivity index (χ1n) is 9.70. The Bertz CT molecular complexity index is 1300. The van der Waals surface area contributed by atoms with E-state index in [0.29, 0.717) is 34.4 Å². The largest absolute Gasteiger partial charge is 0.467 e. The number of carbonyl (C=O) groups excluding carboxylic acids is 1. The van der Waals surface area contributed by atoms with E-state index in [-0.39, 0.29) is 17.5 Å². The van der Waals surface area contributed by atoms with E-state index >= 15 is 0 Å². The lowest BCUT2D eigenvalue weighted by molar-refractivity contribution is -0.113. The molecule has 8 nitrogen and oxygen atoms in total. The number of halogens is 1. The zero-order valence-corrected chi connectivity index (χ0v) is 18.2. The summed E-state index contributed by atoms with van der Waals surface area (Å²) in [7, 11) is 0. The van der Waals surface area contributed by atoms with Crippen LogP contribution in [0.25, 0.3) is 11.4 Å². The number of rotatable bonds is 7. The van der Waals surface area contributed by atoms with Crippen molar-refractivity contribution in [1.29, 1.82) is 5.26 Å². The van der Waals surface area contributed by atoms with Crippen molar-refractivity contribution in [3.05, 3.63) is 71.1 Å². The Hall–Kier alpha value is -3.84. The normalized spacial score (nSPS) is 10.8. The average Bonchev–Trinajstić information content (AvgIpc) is 3.51. The molecule has 0 spiro atoms. The van der Waals surface area contributed by atoms with E-state index < -0.39 is 5.82 Å². The maximum absolute atomic E-state index is 13.9. The predicted molar refractivity (Wildman–Crippen MR) is 118 cm³/mol. The van der Waals surface area contributed by atoms with Crippen LogP contribution in [0.2, 0.25) is 0 Å². The second-order valence-electron chi connectivity index (χ2n) is 6.99.